The van der Waals surface area contributed by atoms with Gasteiger partial charge in [0.1, 0.15) is 0 Å². The fraction of sp³-hybridized carbons (Fsp3) is 0.156. The Labute approximate surface area is 279 Å². The van der Waals surface area contributed by atoms with E-state index in [4.69, 9.17) is 4.11 Å². The SMILES string of the molecule is [2H]C=C([2H])C(Nc1ccc2c(c1)C(c1ccccc1)(c1ccccc1)c1ccccc1-2)C([2H])/C([2H])=C/c1cc2c(c3c1C=CCC3)CCC=C2. The third-order valence-corrected chi connectivity index (χ3v) is 9.83. The van der Waals surface area contributed by atoms with E-state index in [9.17, 15) is 1.37 Å². The monoisotopic (exact) mass is 597 g/mol. The second-order valence-electron chi connectivity index (χ2n) is 12.4. The van der Waals surface area contributed by atoms with E-state index in [2.05, 4.69) is 121 Å². The number of fused-ring (bicyclic) bond motifs is 6. The van der Waals surface area contributed by atoms with Gasteiger partial charge in [0.15, 0.2) is 0 Å². The van der Waals surface area contributed by atoms with E-state index < -0.39 is 17.9 Å². The predicted octanol–water partition coefficient (Wildman–Crippen LogP) is 11.0. The van der Waals surface area contributed by atoms with Crippen LogP contribution in [0.25, 0.3) is 29.4 Å². The topological polar surface area (TPSA) is 12.0 Å². The average molecular weight is 598 g/mol. The van der Waals surface area contributed by atoms with Crippen molar-refractivity contribution in [2.75, 3.05) is 5.32 Å². The lowest BCUT2D eigenvalue weighted by Crippen LogP contribution is -2.28. The first kappa shape index (κ1) is 24.1. The quantitative estimate of drug-likeness (QED) is 0.172. The summed E-state index contributed by atoms with van der Waals surface area (Å²) in [5.41, 5.74) is 13.2. The molecule has 0 saturated heterocycles. The van der Waals surface area contributed by atoms with Gasteiger partial charge in [-0.3, -0.25) is 0 Å². The van der Waals surface area contributed by atoms with E-state index in [1.165, 1.54) is 27.8 Å². The van der Waals surface area contributed by atoms with E-state index in [0.29, 0.717) is 0 Å². The number of allylic oxidation sites excluding steroid dienone is 2. The molecule has 224 valence electrons. The minimum Gasteiger partial charge on any atom is -0.379 e. The average Bonchev–Trinajstić information content (AvgIpc) is 3.47. The summed E-state index contributed by atoms with van der Waals surface area (Å²) in [5, 5.41) is 3.46. The van der Waals surface area contributed by atoms with Crippen LogP contribution in [-0.4, -0.2) is 6.04 Å². The second-order valence-corrected chi connectivity index (χ2v) is 12.4. The Kier molecular flexibility index (Phi) is 6.29. The normalized spacial score (nSPS) is 18.5. The van der Waals surface area contributed by atoms with Gasteiger partial charge in [0.2, 0.25) is 0 Å². The Bertz CT molecular complexity index is 2160. The van der Waals surface area contributed by atoms with Gasteiger partial charge in [-0.2, -0.15) is 0 Å². The first-order valence-electron chi connectivity index (χ1n) is 18.5. The Morgan fingerprint density at radius 3 is 2.26 bits per heavy atom. The van der Waals surface area contributed by atoms with Crippen LogP contribution >= 0.6 is 0 Å². The zero-order valence-electron chi connectivity index (χ0n) is 29.8. The predicted molar refractivity (Wildman–Crippen MR) is 196 cm³/mol. The Morgan fingerprint density at radius 2 is 1.48 bits per heavy atom. The molecule has 2 atom stereocenters. The van der Waals surface area contributed by atoms with Crippen LogP contribution in [0.1, 0.15) is 74.8 Å². The summed E-state index contributed by atoms with van der Waals surface area (Å²) in [6, 6.07) is 37.4. The van der Waals surface area contributed by atoms with E-state index in [0.717, 1.165) is 71.3 Å². The maximum Gasteiger partial charge on any atom is 0.0714 e. The molecule has 0 fully saturated rings. The van der Waals surface area contributed by atoms with Crippen molar-refractivity contribution in [3.05, 3.63) is 190 Å². The van der Waals surface area contributed by atoms with Gasteiger partial charge in [0.05, 0.1) is 9.53 Å². The Morgan fingerprint density at radius 1 is 0.783 bits per heavy atom. The molecule has 0 heterocycles. The Balaban J connectivity index is 1.21. The molecule has 46 heavy (non-hydrogen) atoms. The van der Waals surface area contributed by atoms with Crippen molar-refractivity contribution in [2.24, 2.45) is 0 Å². The van der Waals surface area contributed by atoms with Crippen LogP contribution in [0.2, 0.25) is 0 Å². The lowest BCUT2D eigenvalue weighted by atomic mass is 9.67. The molecule has 0 bridgehead atoms. The van der Waals surface area contributed by atoms with Crippen molar-refractivity contribution in [1.82, 2.24) is 0 Å². The molecule has 5 aromatic rings. The van der Waals surface area contributed by atoms with Gasteiger partial charge in [-0.15, -0.1) is 6.55 Å². The highest BCUT2D eigenvalue weighted by Crippen LogP contribution is 2.56. The summed E-state index contributed by atoms with van der Waals surface area (Å²) in [6.45, 7) is 0.988. The second kappa shape index (κ2) is 12.0. The lowest BCUT2D eigenvalue weighted by molar-refractivity contribution is 0.768. The van der Waals surface area contributed by atoms with Gasteiger partial charge in [-0.25, -0.2) is 0 Å². The number of hydrogen-bond acceptors (Lipinski definition) is 1. The zero-order chi connectivity index (χ0) is 34.2. The van der Waals surface area contributed by atoms with Crippen LogP contribution in [0.3, 0.4) is 0 Å². The van der Waals surface area contributed by atoms with Crippen molar-refractivity contribution in [1.29, 1.82) is 0 Å². The van der Waals surface area contributed by atoms with Gasteiger partial charge < -0.3 is 5.32 Å². The standard InChI is InChI=1S/C45H39N/c1-2-36(22-15-17-33-30-32-16-9-10-23-38(32)40-25-12-11-24-39(33)40)46-37-28-29-42-41-26-13-14-27-43(41)45(44(42)31-37,34-18-5-3-6-19-34)35-20-7-4-8-21-35/h2-9,11,13-21,24,26-31,36,46H,1,10,12,22-23,25H2/b17-15+/i1D,2D,15D,22D/b2-1?,17-15+. The smallest absolute Gasteiger partial charge is 0.0714 e. The third kappa shape index (κ3) is 4.70. The molecule has 3 aliphatic rings. The summed E-state index contributed by atoms with van der Waals surface area (Å²) < 4.78 is 35.3. The van der Waals surface area contributed by atoms with Crippen molar-refractivity contribution in [3.8, 4) is 11.1 Å². The number of hydrogen-bond donors (Lipinski definition) is 1. The van der Waals surface area contributed by atoms with E-state index >= 15 is 0 Å². The summed E-state index contributed by atoms with van der Waals surface area (Å²) in [6.07, 6.45) is 13.5. The highest BCUT2D eigenvalue weighted by Gasteiger charge is 2.46. The molecule has 0 radical (unpaired) electrons. The molecule has 1 heteroatoms. The molecule has 0 aliphatic heterocycles. The van der Waals surface area contributed by atoms with Crippen LogP contribution in [0.4, 0.5) is 5.69 Å². The molecule has 8 rings (SSSR count). The highest BCUT2D eigenvalue weighted by molar-refractivity contribution is 5.87. The molecule has 1 nitrogen and oxygen atoms in total. The molecule has 0 aromatic heterocycles. The van der Waals surface area contributed by atoms with Gasteiger partial charge in [0, 0.05) is 13.1 Å². The molecule has 2 unspecified atom stereocenters. The minimum absolute atomic E-state index is 0.0420. The lowest BCUT2D eigenvalue weighted by Gasteiger charge is -2.34. The molecular weight excluding hydrogens is 555 g/mol. The molecule has 0 amide bonds. The fourth-order valence-electron chi connectivity index (χ4n) is 7.84. The number of rotatable bonds is 8. The number of benzene rings is 5. The largest absolute Gasteiger partial charge is 0.379 e. The minimum atomic E-state index is -1.11. The van der Waals surface area contributed by atoms with E-state index in [-0.39, 0.29) is 12.1 Å². The van der Waals surface area contributed by atoms with Crippen LogP contribution < -0.4 is 5.32 Å². The maximum absolute atomic E-state index is 9.31. The van der Waals surface area contributed by atoms with Crippen molar-refractivity contribution in [3.63, 3.8) is 0 Å². The maximum atomic E-state index is 9.31. The fourth-order valence-corrected chi connectivity index (χ4v) is 7.84. The molecule has 3 aliphatic carbocycles. The Hall–Kier alpha value is -5.14. The first-order valence-corrected chi connectivity index (χ1v) is 16.3. The molecule has 1 N–H and O–H groups in total. The number of anilines is 1. The molecule has 0 spiro atoms. The summed E-state index contributed by atoms with van der Waals surface area (Å²) in [4.78, 5) is 0. The van der Waals surface area contributed by atoms with Gasteiger partial charge >= 0.3 is 0 Å². The van der Waals surface area contributed by atoms with Crippen LogP contribution in [-0.2, 0) is 18.3 Å². The van der Waals surface area contributed by atoms with E-state index in [1.807, 2.05) is 18.2 Å². The van der Waals surface area contributed by atoms with Crippen LogP contribution in [0.15, 0.2) is 140 Å². The van der Waals surface area contributed by atoms with Crippen LogP contribution in [0.5, 0.6) is 0 Å². The van der Waals surface area contributed by atoms with Gasteiger partial charge in [-0.1, -0.05) is 133 Å². The van der Waals surface area contributed by atoms with Crippen molar-refractivity contribution < 1.29 is 5.48 Å². The van der Waals surface area contributed by atoms with Gasteiger partial charge in [0.25, 0.3) is 0 Å². The highest BCUT2D eigenvalue weighted by atomic mass is 14.9. The molecular formula is C45H39N. The number of nitrogens with one attached hydrogen (secondary N) is 1. The third-order valence-electron chi connectivity index (χ3n) is 9.83. The zero-order valence-corrected chi connectivity index (χ0v) is 25.8. The first-order chi connectivity index (χ1) is 24.5. The van der Waals surface area contributed by atoms with Crippen molar-refractivity contribution in [2.45, 2.75) is 43.5 Å². The van der Waals surface area contributed by atoms with Crippen molar-refractivity contribution >= 4 is 23.9 Å². The summed E-state index contributed by atoms with van der Waals surface area (Å²) in [5.74, 6) is 0. The summed E-state index contributed by atoms with van der Waals surface area (Å²) >= 11 is 0. The van der Waals surface area contributed by atoms with Crippen LogP contribution in [0, 0.1) is 0 Å². The van der Waals surface area contributed by atoms with E-state index in [1.54, 1.807) is 6.08 Å². The molecule has 5 aromatic carbocycles. The molecule has 0 saturated carbocycles. The summed E-state index contributed by atoms with van der Waals surface area (Å²) in [7, 11) is 0. The van der Waals surface area contributed by atoms with Gasteiger partial charge in [-0.05, 0) is 111 Å².